The lowest BCUT2D eigenvalue weighted by atomic mass is 9.89. The first-order valence-corrected chi connectivity index (χ1v) is 6.63. The molecular weight excluding hydrogens is 238 g/mol. The number of hydrogen-bond donors (Lipinski definition) is 2. The van der Waals surface area contributed by atoms with Crippen LogP contribution in [0.4, 0.5) is 0 Å². The zero-order valence-electron chi connectivity index (χ0n) is 10.9. The fourth-order valence-electron chi connectivity index (χ4n) is 2.76. The Labute approximate surface area is 112 Å². The Morgan fingerprint density at radius 2 is 2.05 bits per heavy atom. The van der Waals surface area contributed by atoms with Gasteiger partial charge in [-0.1, -0.05) is 12.1 Å². The van der Waals surface area contributed by atoms with Crippen LogP contribution in [0.15, 0.2) is 30.3 Å². The third-order valence-electron chi connectivity index (χ3n) is 3.78. The Balaban J connectivity index is 2.17. The summed E-state index contributed by atoms with van der Waals surface area (Å²) in [6.07, 6.45) is 2.27. The van der Waals surface area contributed by atoms with E-state index in [1.165, 1.54) is 0 Å². The molecule has 0 saturated carbocycles. The quantitative estimate of drug-likeness (QED) is 0.823. The molecule has 3 heteroatoms. The Morgan fingerprint density at radius 1 is 1.26 bits per heavy atom. The van der Waals surface area contributed by atoms with Crippen LogP contribution in [0.2, 0.25) is 0 Å². The summed E-state index contributed by atoms with van der Waals surface area (Å²) < 4.78 is 0. The van der Waals surface area contributed by atoms with E-state index in [-0.39, 0.29) is 5.75 Å². The summed E-state index contributed by atoms with van der Waals surface area (Å²) in [6.45, 7) is 2.04. The van der Waals surface area contributed by atoms with E-state index in [1.54, 1.807) is 12.1 Å². The van der Waals surface area contributed by atoms with Gasteiger partial charge in [-0.25, -0.2) is 4.98 Å². The van der Waals surface area contributed by atoms with Crippen molar-refractivity contribution in [1.29, 1.82) is 0 Å². The third-order valence-corrected chi connectivity index (χ3v) is 3.78. The number of aliphatic hydroxyl groups excluding tert-OH is 1. The SMILES string of the molecule is Cc1cc(-c2ccccc2O)nc2c1CCC[C@H]2O. The molecule has 0 radical (unpaired) electrons. The average molecular weight is 255 g/mol. The normalized spacial score (nSPS) is 18.1. The molecule has 1 aliphatic carbocycles. The number of pyridine rings is 1. The van der Waals surface area contributed by atoms with Gasteiger partial charge >= 0.3 is 0 Å². The van der Waals surface area contributed by atoms with Crippen molar-refractivity contribution in [1.82, 2.24) is 4.98 Å². The Morgan fingerprint density at radius 3 is 2.84 bits per heavy atom. The zero-order valence-corrected chi connectivity index (χ0v) is 10.9. The van der Waals surface area contributed by atoms with Crippen molar-refractivity contribution in [3.8, 4) is 17.0 Å². The third kappa shape index (κ3) is 2.10. The van der Waals surface area contributed by atoms with E-state index in [0.717, 1.165) is 41.8 Å². The summed E-state index contributed by atoms with van der Waals surface area (Å²) >= 11 is 0. The number of phenolic OH excluding ortho intramolecular Hbond substituents is 1. The maximum Gasteiger partial charge on any atom is 0.124 e. The Hall–Kier alpha value is -1.87. The lowest BCUT2D eigenvalue weighted by Gasteiger charge is -2.23. The number of aryl methyl sites for hydroxylation is 1. The first kappa shape index (κ1) is 12.2. The monoisotopic (exact) mass is 255 g/mol. The van der Waals surface area contributed by atoms with E-state index in [4.69, 9.17) is 0 Å². The minimum atomic E-state index is -0.478. The van der Waals surface area contributed by atoms with Gasteiger partial charge in [0.1, 0.15) is 5.75 Å². The van der Waals surface area contributed by atoms with Gasteiger partial charge in [-0.3, -0.25) is 0 Å². The highest BCUT2D eigenvalue weighted by molar-refractivity contribution is 5.67. The van der Waals surface area contributed by atoms with E-state index in [0.29, 0.717) is 5.56 Å². The summed E-state index contributed by atoms with van der Waals surface area (Å²) in [5.74, 6) is 0.222. The predicted molar refractivity (Wildman–Crippen MR) is 74.0 cm³/mol. The van der Waals surface area contributed by atoms with Gasteiger partial charge in [0, 0.05) is 5.56 Å². The second kappa shape index (κ2) is 4.67. The van der Waals surface area contributed by atoms with Crippen molar-refractivity contribution in [2.24, 2.45) is 0 Å². The van der Waals surface area contributed by atoms with E-state index in [9.17, 15) is 10.2 Å². The minimum absolute atomic E-state index is 0.222. The van der Waals surface area contributed by atoms with Crippen molar-refractivity contribution in [3.05, 3.63) is 47.2 Å². The molecule has 2 N–H and O–H groups in total. The van der Waals surface area contributed by atoms with Gasteiger partial charge in [0.15, 0.2) is 0 Å². The van der Waals surface area contributed by atoms with Gasteiger partial charge < -0.3 is 10.2 Å². The highest BCUT2D eigenvalue weighted by atomic mass is 16.3. The van der Waals surface area contributed by atoms with Crippen LogP contribution in [-0.2, 0) is 6.42 Å². The fourth-order valence-corrected chi connectivity index (χ4v) is 2.76. The number of aromatic hydroxyl groups is 1. The molecule has 0 amide bonds. The molecule has 0 saturated heterocycles. The summed E-state index contributed by atoms with van der Waals surface area (Å²) in [4.78, 5) is 4.58. The van der Waals surface area contributed by atoms with Crippen LogP contribution < -0.4 is 0 Å². The maximum atomic E-state index is 10.1. The number of phenols is 1. The molecule has 19 heavy (non-hydrogen) atoms. The van der Waals surface area contributed by atoms with Crippen LogP contribution in [-0.4, -0.2) is 15.2 Å². The lowest BCUT2D eigenvalue weighted by Crippen LogP contribution is -2.13. The van der Waals surface area contributed by atoms with Crippen molar-refractivity contribution < 1.29 is 10.2 Å². The van der Waals surface area contributed by atoms with Crippen LogP contribution >= 0.6 is 0 Å². The summed E-state index contributed by atoms with van der Waals surface area (Å²) in [5, 5.41) is 20.0. The molecule has 1 aromatic heterocycles. The zero-order chi connectivity index (χ0) is 13.4. The van der Waals surface area contributed by atoms with Gasteiger partial charge in [0.2, 0.25) is 0 Å². The molecule has 1 aromatic carbocycles. The van der Waals surface area contributed by atoms with Crippen LogP contribution in [0.25, 0.3) is 11.3 Å². The molecule has 0 fully saturated rings. The highest BCUT2D eigenvalue weighted by Crippen LogP contribution is 2.34. The molecule has 0 unspecified atom stereocenters. The van der Waals surface area contributed by atoms with Crippen LogP contribution in [0.3, 0.4) is 0 Å². The topological polar surface area (TPSA) is 53.4 Å². The molecule has 3 rings (SSSR count). The van der Waals surface area contributed by atoms with Gasteiger partial charge in [-0.05, 0) is 55.5 Å². The van der Waals surface area contributed by atoms with Gasteiger partial charge in [0.25, 0.3) is 0 Å². The molecule has 98 valence electrons. The predicted octanol–water partition coefficient (Wildman–Crippen LogP) is 3.13. The van der Waals surface area contributed by atoms with E-state index in [2.05, 4.69) is 4.98 Å². The number of rotatable bonds is 1. The molecule has 0 bridgehead atoms. The van der Waals surface area contributed by atoms with Gasteiger partial charge in [-0.2, -0.15) is 0 Å². The lowest BCUT2D eigenvalue weighted by molar-refractivity contribution is 0.151. The van der Waals surface area contributed by atoms with Crippen LogP contribution in [0.1, 0.15) is 35.8 Å². The van der Waals surface area contributed by atoms with Gasteiger partial charge in [-0.15, -0.1) is 0 Å². The van der Waals surface area contributed by atoms with Crippen molar-refractivity contribution >= 4 is 0 Å². The minimum Gasteiger partial charge on any atom is -0.507 e. The van der Waals surface area contributed by atoms with E-state index >= 15 is 0 Å². The van der Waals surface area contributed by atoms with Crippen molar-refractivity contribution in [2.75, 3.05) is 0 Å². The highest BCUT2D eigenvalue weighted by Gasteiger charge is 2.22. The molecule has 0 spiro atoms. The van der Waals surface area contributed by atoms with Crippen LogP contribution in [0, 0.1) is 6.92 Å². The summed E-state index contributed by atoms with van der Waals surface area (Å²) in [5.41, 5.74) is 4.53. The maximum absolute atomic E-state index is 10.1. The number of hydrogen-bond acceptors (Lipinski definition) is 3. The Bertz CT molecular complexity index is 622. The van der Waals surface area contributed by atoms with E-state index < -0.39 is 6.10 Å². The van der Waals surface area contributed by atoms with Crippen LogP contribution in [0.5, 0.6) is 5.75 Å². The number of fused-ring (bicyclic) bond motifs is 1. The molecule has 2 aromatic rings. The first-order valence-electron chi connectivity index (χ1n) is 6.63. The second-order valence-electron chi connectivity index (χ2n) is 5.11. The fraction of sp³-hybridized carbons (Fsp3) is 0.312. The summed E-state index contributed by atoms with van der Waals surface area (Å²) in [7, 11) is 0. The molecule has 0 aliphatic heterocycles. The number of aromatic nitrogens is 1. The Kier molecular flexibility index (Phi) is 2.99. The number of nitrogens with zero attached hydrogens (tertiary/aromatic N) is 1. The summed E-state index contributed by atoms with van der Waals surface area (Å²) in [6, 6.07) is 9.16. The standard InChI is InChI=1S/C16H17NO2/c1-10-9-13(12-5-2-3-7-14(12)18)17-16-11(10)6-4-8-15(16)19/h2-3,5,7,9,15,18-19H,4,6,8H2,1H3/t15-/m1/s1. The molecule has 1 atom stereocenters. The molecule has 1 heterocycles. The number of benzene rings is 1. The van der Waals surface area contributed by atoms with Crippen molar-refractivity contribution in [3.63, 3.8) is 0 Å². The first-order chi connectivity index (χ1) is 9.16. The number of aliphatic hydroxyl groups is 1. The second-order valence-corrected chi connectivity index (χ2v) is 5.11. The molecule has 1 aliphatic rings. The van der Waals surface area contributed by atoms with Gasteiger partial charge in [0.05, 0.1) is 17.5 Å². The van der Waals surface area contributed by atoms with Crippen molar-refractivity contribution in [2.45, 2.75) is 32.3 Å². The van der Waals surface area contributed by atoms with E-state index in [1.807, 2.05) is 25.1 Å². The number of para-hydroxylation sites is 1. The average Bonchev–Trinajstić information content (AvgIpc) is 2.40. The smallest absolute Gasteiger partial charge is 0.124 e. The largest absolute Gasteiger partial charge is 0.507 e. The molecule has 3 nitrogen and oxygen atoms in total. The molecular formula is C16H17NO2.